The van der Waals surface area contributed by atoms with Crippen molar-refractivity contribution in [3.8, 4) is 39.6 Å². The molecule has 0 N–H and O–H groups in total. The van der Waals surface area contributed by atoms with E-state index in [-0.39, 0.29) is 5.69 Å². The van der Waals surface area contributed by atoms with Crippen molar-refractivity contribution in [2.75, 3.05) is 0 Å². The predicted octanol–water partition coefficient (Wildman–Crippen LogP) is 8.04. The minimum absolute atomic E-state index is 0.0285. The van der Waals surface area contributed by atoms with Crippen LogP contribution in [0, 0.1) is 30.9 Å². The van der Waals surface area contributed by atoms with Crippen LogP contribution < -0.4 is 4.57 Å². The van der Waals surface area contributed by atoms with Crippen LogP contribution in [0.4, 0.5) is 4.39 Å². The molecule has 0 aliphatic heterocycles. The molecule has 178 valence electrons. The number of fused-ring (bicyclic) bond motifs is 3. The molecule has 37 heavy (non-hydrogen) atoms. The first-order valence-corrected chi connectivity index (χ1v) is 11.8. The number of hydrogen-bond acceptors (Lipinski definition) is 2. The first-order valence-electron chi connectivity index (χ1n) is 14.3. The Labute approximate surface area is 221 Å². The van der Waals surface area contributed by atoms with E-state index < -0.39 is 30.4 Å². The molecule has 2 heterocycles. The first-order chi connectivity index (χ1) is 20.0. The van der Waals surface area contributed by atoms with E-state index in [2.05, 4.69) is 6.07 Å². The molecule has 6 rings (SSSR count). The van der Waals surface area contributed by atoms with Crippen molar-refractivity contribution in [1.29, 1.82) is 5.26 Å². The normalized spacial score (nSPS) is 13.5. The summed E-state index contributed by atoms with van der Waals surface area (Å²) in [5.41, 5.74) is 4.87. The van der Waals surface area contributed by atoms with Crippen molar-refractivity contribution < 1.29 is 20.2 Å². The number of hydrogen-bond donors (Lipinski definition) is 0. The third-order valence-electron chi connectivity index (χ3n) is 6.70. The summed E-state index contributed by atoms with van der Waals surface area (Å²) in [7, 11) is 1.44. The van der Waals surface area contributed by atoms with E-state index in [4.69, 9.17) is 11.3 Å². The first kappa shape index (κ1) is 17.6. The Hall–Kier alpha value is -4.75. The highest BCUT2D eigenvalue weighted by molar-refractivity contribution is 6.14. The van der Waals surface area contributed by atoms with Gasteiger partial charge in [0.25, 0.3) is 0 Å². The molecule has 0 spiro atoms. The van der Waals surface area contributed by atoms with E-state index in [0.29, 0.717) is 38.8 Å². The molecule has 4 aromatic carbocycles. The summed E-state index contributed by atoms with van der Waals surface area (Å²) < 4.78 is 63.4. The predicted molar refractivity (Wildman–Crippen MR) is 145 cm³/mol. The van der Waals surface area contributed by atoms with Gasteiger partial charge in [-0.3, -0.25) is 0 Å². The van der Waals surface area contributed by atoms with Crippen molar-refractivity contribution in [3.05, 3.63) is 114 Å². The lowest BCUT2D eigenvalue weighted by Gasteiger charge is -2.08. The van der Waals surface area contributed by atoms with Gasteiger partial charge in [0.05, 0.1) is 18.6 Å². The summed E-state index contributed by atoms with van der Waals surface area (Å²) in [5, 5.41) is 11.5. The maximum atomic E-state index is 15.4. The molecular formula is C33H24FN2O+. The fourth-order valence-corrected chi connectivity index (χ4v) is 4.91. The summed E-state index contributed by atoms with van der Waals surface area (Å²) in [6, 6.07) is 26.6. The van der Waals surface area contributed by atoms with Gasteiger partial charge in [0.15, 0.2) is 6.17 Å². The smallest absolute Gasteiger partial charge is 0.219 e. The molecule has 0 aliphatic rings. The number of pyridine rings is 1. The number of benzene rings is 4. The number of nitriles is 1. The van der Waals surface area contributed by atoms with Gasteiger partial charge in [-0.05, 0) is 54.2 Å². The maximum Gasteiger partial charge on any atom is 0.219 e. The molecule has 2 aromatic heterocycles. The summed E-state index contributed by atoms with van der Waals surface area (Å²) in [6.07, 6.45) is -0.545. The molecule has 0 saturated carbocycles. The number of aromatic nitrogens is 1. The van der Waals surface area contributed by atoms with Crippen LogP contribution >= 0.6 is 0 Å². The topological polar surface area (TPSA) is 40.8 Å². The number of furan rings is 1. The van der Waals surface area contributed by atoms with E-state index in [1.54, 1.807) is 19.1 Å². The van der Waals surface area contributed by atoms with E-state index in [1.807, 2.05) is 66.7 Å². The van der Waals surface area contributed by atoms with Crippen LogP contribution in [0.25, 0.3) is 55.4 Å². The van der Waals surface area contributed by atoms with Crippen LogP contribution in [0.3, 0.4) is 0 Å². The minimum atomic E-state index is -2.90. The van der Waals surface area contributed by atoms with E-state index in [9.17, 15) is 5.26 Å². The molecule has 4 heteroatoms. The van der Waals surface area contributed by atoms with Gasteiger partial charge in [-0.2, -0.15) is 5.26 Å². The van der Waals surface area contributed by atoms with Gasteiger partial charge in [0.2, 0.25) is 5.69 Å². The minimum Gasteiger partial charge on any atom is -0.454 e. The van der Waals surface area contributed by atoms with E-state index in [0.717, 1.165) is 22.1 Å². The Kier molecular flexibility index (Phi) is 4.16. The summed E-state index contributed by atoms with van der Waals surface area (Å²) in [6.45, 7) is -1.11. The molecule has 0 unspecified atom stereocenters. The summed E-state index contributed by atoms with van der Waals surface area (Å²) in [5.74, 6) is -1.26. The second-order valence-corrected chi connectivity index (χ2v) is 8.99. The van der Waals surface area contributed by atoms with Crippen LogP contribution in [-0.4, -0.2) is 0 Å². The molecule has 0 amide bonds. The van der Waals surface area contributed by atoms with Crippen LogP contribution in [0.2, 0.25) is 0 Å². The maximum absolute atomic E-state index is 15.4. The average Bonchev–Trinajstić information content (AvgIpc) is 3.35. The average molecular weight is 489 g/mol. The summed E-state index contributed by atoms with van der Waals surface area (Å²) >= 11 is 0. The second-order valence-electron chi connectivity index (χ2n) is 8.99. The highest BCUT2D eigenvalue weighted by Crippen LogP contribution is 2.42. The molecule has 6 aromatic rings. The van der Waals surface area contributed by atoms with E-state index in [1.165, 1.54) is 11.6 Å². The van der Waals surface area contributed by atoms with Crippen LogP contribution in [0.1, 0.15) is 23.5 Å². The Balaban J connectivity index is 1.68. The van der Waals surface area contributed by atoms with Gasteiger partial charge in [0, 0.05) is 32.1 Å². The quantitative estimate of drug-likeness (QED) is 0.237. The molecule has 0 radical (unpaired) electrons. The van der Waals surface area contributed by atoms with Gasteiger partial charge in [-0.15, -0.1) is 0 Å². The van der Waals surface area contributed by atoms with Crippen molar-refractivity contribution in [2.24, 2.45) is 7.05 Å². The SMILES string of the molecule is [2H]c1c(F)c(C([2H])([2H])[2H])c([2H])[n+](C)c1-c1c(C)ccc2c1oc1c(-c3cccc(-c4ccccc4)c3)c(C#N)ccc12. The van der Waals surface area contributed by atoms with Gasteiger partial charge in [-0.1, -0.05) is 60.7 Å². The molecule has 0 bridgehead atoms. The van der Waals surface area contributed by atoms with Crippen LogP contribution in [-0.2, 0) is 7.05 Å². The van der Waals surface area contributed by atoms with Gasteiger partial charge < -0.3 is 4.42 Å². The largest absolute Gasteiger partial charge is 0.454 e. The zero-order valence-corrected chi connectivity index (χ0v) is 20.2. The lowest BCUT2D eigenvalue weighted by molar-refractivity contribution is -0.661. The number of rotatable bonds is 3. The number of nitrogens with zero attached hydrogens (tertiary/aromatic N) is 2. The number of aryl methyl sites for hydroxylation is 1. The Bertz CT molecular complexity index is 2060. The highest BCUT2D eigenvalue weighted by Gasteiger charge is 2.24. The van der Waals surface area contributed by atoms with Crippen LogP contribution in [0.15, 0.2) is 95.5 Å². The Morgan fingerprint density at radius 1 is 0.865 bits per heavy atom. The molecule has 0 fully saturated rings. The lowest BCUT2D eigenvalue weighted by atomic mass is 9.94. The van der Waals surface area contributed by atoms with Crippen molar-refractivity contribution in [3.63, 3.8) is 0 Å². The monoisotopic (exact) mass is 488 g/mol. The van der Waals surface area contributed by atoms with Crippen molar-refractivity contribution in [1.82, 2.24) is 0 Å². The van der Waals surface area contributed by atoms with Crippen molar-refractivity contribution in [2.45, 2.75) is 13.8 Å². The second kappa shape index (κ2) is 8.72. The molecule has 0 saturated heterocycles. The highest BCUT2D eigenvalue weighted by atomic mass is 19.1. The Morgan fingerprint density at radius 2 is 1.57 bits per heavy atom. The Morgan fingerprint density at radius 3 is 2.32 bits per heavy atom. The standard InChI is InChI=1S/C33H24FN2O/c1-20-12-14-26-27-15-13-25(18-35)31(24-11-7-10-23(16-24)22-8-5-4-6-9-22)33(27)37-32(26)30(20)29-17-28(34)21(2)19-36(29)3/h4-17,19H,1-3H3/q+1/i2D3,17D,19D. The third-order valence-corrected chi connectivity index (χ3v) is 6.70. The molecule has 3 nitrogen and oxygen atoms in total. The van der Waals surface area contributed by atoms with Gasteiger partial charge >= 0.3 is 0 Å². The number of halogens is 1. The molecule has 0 atom stereocenters. The molecular weight excluding hydrogens is 459 g/mol. The zero-order chi connectivity index (χ0) is 29.9. The van der Waals surface area contributed by atoms with Crippen molar-refractivity contribution >= 4 is 21.9 Å². The fraction of sp³-hybridized carbons (Fsp3) is 0.0909. The van der Waals surface area contributed by atoms with Crippen LogP contribution in [0.5, 0.6) is 0 Å². The zero-order valence-electron chi connectivity index (χ0n) is 25.2. The van der Waals surface area contributed by atoms with Gasteiger partial charge in [-0.25, -0.2) is 8.96 Å². The fourth-order valence-electron chi connectivity index (χ4n) is 4.91. The lowest BCUT2D eigenvalue weighted by Crippen LogP contribution is -2.31. The third kappa shape index (κ3) is 3.68. The van der Waals surface area contributed by atoms with Gasteiger partial charge in [0.1, 0.15) is 25.4 Å². The summed E-state index contributed by atoms with van der Waals surface area (Å²) in [4.78, 5) is 0. The molecule has 0 aliphatic carbocycles. The van der Waals surface area contributed by atoms with E-state index >= 15 is 4.39 Å².